The second kappa shape index (κ2) is 10.3. The van der Waals surface area contributed by atoms with Gasteiger partial charge in [-0.1, -0.05) is 24.6 Å². The number of anilines is 1. The van der Waals surface area contributed by atoms with Gasteiger partial charge in [-0.15, -0.1) is 11.3 Å². The van der Waals surface area contributed by atoms with Crippen LogP contribution in [0.2, 0.25) is 0 Å². The molecule has 3 rings (SSSR count). The number of hydrogen-bond acceptors (Lipinski definition) is 7. The van der Waals surface area contributed by atoms with Crippen LogP contribution in [0.3, 0.4) is 0 Å². The molecule has 2 aromatic carbocycles. The van der Waals surface area contributed by atoms with E-state index in [1.165, 1.54) is 33.6 Å². The second-order valence-corrected chi connectivity index (χ2v) is 8.14. The molecule has 3 aromatic rings. The molecular formula is C24H29N3O3S. The first kappa shape index (κ1) is 22.6. The van der Waals surface area contributed by atoms with Crippen LogP contribution in [0.15, 0.2) is 34.7 Å². The Kier molecular flexibility index (Phi) is 7.52. The number of thiazole rings is 1. The van der Waals surface area contributed by atoms with Gasteiger partial charge >= 0.3 is 0 Å². The van der Waals surface area contributed by atoms with Crippen molar-refractivity contribution in [3.63, 3.8) is 0 Å². The summed E-state index contributed by atoms with van der Waals surface area (Å²) in [6, 6.07) is 8.10. The third kappa shape index (κ3) is 5.35. The van der Waals surface area contributed by atoms with E-state index in [2.05, 4.69) is 55.7 Å². The summed E-state index contributed by atoms with van der Waals surface area (Å²) in [5.41, 5.74) is 9.69. The lowest BCUT2D eigenvalue weighted by Gasteiger charge is -2.14. The molecule has 7 heteroatoms. The van der Waals surface area contributed by atoms with Crippen molar-refractivity contribution in [1.29, 1.82) is 0 Å². The van der Waals surface area contributed by atoms with Crippen LogP contribution in [0.1, 0.15) is 35.6 Å². The fourth-order valence-electron chi connectivity index (χ4n) is 3.51. The first-order valence-corrected chi connectivity index (χ1v) is 11.1. The van der Waals surface area contributed by atoms with Crippen LogP contribution in [0.25, 0.3) is 11.3 Å². The third-order valence-electron chi connectivity index (χ3n) is 4.74. The van der Waals surface area contributed by atoms with Gasteiger partial charge in [0.05, 0.1) is 32.7 Å². The fourth-order valence-corrected chi connectivity index (χ4v) is 4.16. The summed E-state index contributed by atoms with van der Waals surface area (Å²) in [7, 11) is 3.22. The van der Waals surface area contributed by atoms with E-state index in [0.29, 0.717) is 23.9 Å². The summed E-state index contributed by atoms with van der Waals surface area (Å²) in [6.45, 7) is 8.99. The normalized spacial score (nSPS) is 11.0. The summed E-state index contributed by atoms with van der Waals surface area (Å²) in [4.78, 5) is 4.70. The molecule has 1 aromatic heterocycles. The maximum absolute atomic E-state index is 5.78. The average molecular weight is 440 g/mol. The van der Waals surface area contributed by atoms with Crippen LogP contribution < -0.4 is 19.6 Å². The second-order valence-electron chi connectivity index (χ2n) is 7.28. The Labute approximate surface area is 187 Å². The number of hydrazone groups is 1. The van der Waals surface area contributed by atoms with Gasteiger partial charge in [0.15, 0.2) is 11.5 Å². The number of rotatable bonds is 9. The van der Waals surface area contributed by atoms with Gasteiger partial charge in [-0.2, -0.15) is 5.10 Å². The van der Waals surface area contributed by atoms with Gasteiger partial charge in [0, 0.05) is 16.5 Å². The molecule has 0 saturated heterocycles. The largest absolute Gasteiger partial charge is 0.493 e. The van der Waals surface area contributed by atoms with Gasteiger partial charge in [0.25, 0.3) is 0 Å². The smallest absolute Gasteiger partial charge is 0.203 e. The number of aryl methyl sites for hydroxylation is 3. The highest BCUT2D eigenvalue weighted by Crippen LogP contribution is 2.38. The molecule has 0 saturated carbocycles. The highest BCUT2D eigenvalue weighted by atomic mass is 32.1. The Morgan fingerprint density at radius 2 is 1.68 bits per heavy atom. The SMILES string of the molecule is CCCOc1c(OC)cc(/C=N\Nc2nc(-c3c(C)cc(C)cc3C)cs2)cc1OC. The minimum atomic E-state index is 0.591. The van der Waals surface area contributed by atoms with Crippen molar-refractivity contribution in [3.05, 3.63) is 51.9 Å². The van der Waals surface area contributed by atoms with E-state index in [1.54, 1.807) is 20.4 Å². The van der Waals surface area contributed by atoms with Crippen LogP contribution in [0, 0.1) is 20.8 Å². The first-order chi connectivity index (χ1) is 15.0. The molecule has 6 nitrogen and oxygen atoms in total. The summed E-state index contributed by atoms with van der Waals surface area (Å²) >= 11 is 1.52. The van der Waals surface area contributed by atoms with Gasteiger partial charge in [-0.25, -0.2) is 4.98 Å². The maximum atomic E-state index is 5.78. The molecule has 31 heavy (non-hydrogen) atoms. The van der Waals surface area contributed by atoms with E-state index in [0.717, 1.165) is 22.8 Å². The highest BCUT2D eigenvalue weighted by molar-refractivity contribution is 7.14. The monoisotopic (exact) mass is 439 g/mol. The van der Waals surface area contributed by atoms with E-state index in [-0.39, 0.29) is 0 Å². The summed E-state index contributed by atoms with van der Waals surface area (Å²) in [5, 5.41) is 7.12. The van der Waals surface area contributed by atoms with Gasteiger partial charge in [-0.3, -0.25) is 5.43 Å². The maximum Gasteiger partial charge on any atom is 0.203 e. The average Bonchev–Trinajstić information content (AvgIpc) is 3.19. The van der Waals surface area contributed by atoms with Crippen LogP contribution >= 0.6 is 11.3 Å². The first-order valence-electron chi connectivity index (χ1n) is 10.2. The minimum Gasteiger partial charge on any atom is -0.493 e. The van der Waals surface area contributed by atoms with Gasteiger partial charge < -0.3 is 14.2 Å². The molecule has 1 heterocycles. The number of hydrogen-bond donors (Lipinski definition) is 1. The lowest BCUT2D eigenvalue weighted by Crippen LogP contribution is -2.01. The van der Waals surface area contributed by atoms with Crippen molar-refractivity contribution in [2.45, 2.75) is 34.1 Å². The van der Waals surface area contributed by atoms with Crippen molar-refractivity contribution >= 4 is 22.7 Å². The molecule has 164 valence electrons. The Morgan fingerprint density at radius 3 is 2.26 bits per heavy atom. The molecule has 0 radical (unpaired) electrons. The lowest BCUT2D eigenvalue weighted by molar-refractivity contribution is 0.275. The van der Waals surface area contributed by atoms with Crippen LogP contribution in [-0.2, 0) is 0 Å². The minimum absolute atomic E-state index is 0.591. The van der Waals surface area contributed by atoms with Crippen molar-refractivity contribution in [2.75, 3.05) is 26.3 Å². The quantitative estimate of drug-likeness (QED) is 0.328. The molecule has 0 bridgehead atoms. The van der Waals surface area contributed by atoms with Gasteiger partial charge in [0.2, 0.25) is 10.9 Å². The van der Waals surface area contributed by atoms with Gasteiger partial charge in [-0.05, 0) is 50.5 Å². The van der Waals surface area contributed by atoms with E-state index < -0.39 is 0 Å². The van der Waals surface area contributed by atoms with E-state index in [4.69, 9.17) is 19.2 Å². The van der Waals surface area contributed by atoms with Crippen molar-refractivity contribution < 1.29 is 14.2 Å². The Balaban J connectivity index is 1.77. The molecule has 0 unspecified atom stereocenters. The Morgan fingerprint density at radius 1 is 1.03 bits per heavy atom. The fraction of sp³-hybridized carbons (Fsp3) is 0.333. The number of ether oxygens (including phenoxy) is 3. The molecule has 0 aliphatic carbocycles. The number of aromatic nitrogens is 1. The zero-order valence-electron chi connectivity index (χ0n) is 18.9. The number of nitrogens with zero attached hydrogens (tertiary/aromatic N) is 2. The zero-order valence-corrected chi connectivity index (χ0v) is 19.7. The van der Waals surface area contributed by atoms with Crippen molar-refractivity contribution in [3.8, 4) is 28.5 Å². The molecule has 0 fully saturated rings. The molecule has 0 amide bonds. The third-order valence-corrected chi connectivity index (χ3v) is 5.49. The molecule has 0 spiro atoms. The number of nitrogens with one attached hydrogen (secondary N) is 1. The van der Waals surface area contributed by atoms with Crippen molar-refractivity contribution in [1.82, 2.24) is 4.98 Å². The predicted octanol–water partition coefficient (Wildman–Crippen LogP) is 5.99. The number of methoxy groups -OCH3 is 2. The van der Waals surface area contributed by atoms with Crippen LogP contribution in [0.4, 0.5) is 5.13 Å². The van der Waals surface area contributed by atoms with Crippen molar-refractivity contribution in [2.24, 2.45) is 5.10 Å². The highest BCUT2D eigenvalue weighted by Gasteiger charge is 2.14. The predicted molar refractivity (Wildman–Crippen MR) is 128 cm³/mol. The molecule has 0 atom stereocenters. The Bertz CT molecular complexity index is 1030. The molecule has 0 aliphatic rings. The lowest BCUT2D eigenvalue weighted by atomic mass is 9.98. The zero-order chi connectivity index (χ0) is 22.4. The van der Waals surface area contributed by atoms with Crippen LogP contribution in [-0.4, -0.2) is 32.0 Å². The summed E-state index contributed by atoms with van der Waals surface area (Å²) < 4.78 is 16.7. The number of benzene rings is 2. The summed E-state index contributed by atoms with van der Waals surface area (Å²) in [6.07, 6.45) is 2.61. The van der Waals surface area contributed by atoms with Gasteiger partial charge in [0.1, 0.15) is 0 Å². The molecule has 0 aliphatic heterocycles. The molecule has 1 N–H and O–H groups in total. The van der Waals surface area contributed by atoms with E-state index in [1.807, 2.05) is 12.1 Å². The van der Waals surface area contributed by atoms with E-state index in [9.17, 15) is 0 Å². The summed E-state index contributed by atoms with van der Waals surface area (Å²) in [5.74, 6) is 1.82. The standard InChI is InChI=1S/C24H29N3O3S/c1-7-8-30-23-20(28-5)11-18(12-21(23)29-6)13-25-27-24-26-19(14-31-24)22-16(3)9-15(2)10-17(22)4/h9-14H,7-8H2,1-6H3,(H,26,27)/b25-13-. The van der Waals surface area contributed by atoms with Crippen LogP contribution in [0.5, 0.6) is 17.2 Å². The Hall–Kier alpha value is -3.06. The van der Waals surface area contributed by atoms with E-state index >= 15 is 0 Å². The molecular weight excluding hydrogens is 410 g/mol. The topological polar surface area (TPSA) is 65.0 Å².